The van der Waals surface area contributed by atoms with E-state index in [2.05, 4.69) is 27.1 Å². The predicted molar refractivity (Wildman–Crippen MR) is 141 cm³/mol. The number of anilines is 3. The number of fused-ring (bicyclic) bond motifs is 1. The van der Waals surface area contributed by atoms with E-state index in [4.69, 9.17) is 4.74 Å². The molecule has 0 bridgehead atoms. The second kappa shape index (κ2) is 10.2. The van der Waals surface area contributed by atoms with Gasteiger partial charge in [-0.15, -0.1) is 11.3 Å². The van der Waals surface area contributed by atoms with E-state index in [9.17, 15) is 10.1 Å². The standard InChI is InChI=1S/C27H22N6O2S/c1-18-24(32-27(34)29-16-23-8-5-13-36-23)17-33-26(18)25(19(14-28)15-30-33)31-20-9-11-22(12-10-20)35-21-6-3-2-4-7-21/h2-13,15,17,31H,16H2,1H3,(H2,29,32,34). The largest absolute Gasteiger partial charge is 0.457 e. The van der Waals surface area contributed by atoms with Gasteiger partial charge in [-0.1, -0.05) is 24.3 Å². The number of amides is 2. The Bertz CT molecular complexity index is 1540. The number of aryl methyl sites for hydroxylation is 1. The lowest BCUT2D eigenvalue weighted by Crippen LogP contribution is -2.27. The second-order valence-electron chi connectivity index (χ2n) is 7.96. The summed E-state index contributed by atoms with van der Waals surface area (Å²) in [6.07, 6.45) is 3.24. The summed E-state index contributed by atoms with van der Waals surface area (Å²) < 4.78 is 7.51. The van der Waals surface area contributed by atoms with Crippen molar-refractivity contribution < 1.29 is 9.53 Å². The minimum Gasteiger partial charge on any atom is -0.457 e. The van der Waals surface area contributed by atoms with Gasteiger partial charge in [-0.05, 0) is 54.8 Å². The van der Waals surface area contributed by atoms with Gasteiger partial charge in [-0.2, -0.15) is 10.4 Å². The van der Waals surface area contributed by atoms with Gasteiger partial charge in [-0.3, -0.25) is 0 Å². The highest BCUT2D eigenvalue weighted by atomic mass is 32.1. The van der Waals surface area contributed by atoms with Crippen molar-refractivity contribution in [1.29, 1.82) is 5.26 Å². The molecule has 0 saturated carbocycles. The van der Waals surface area contributed by atoms with Gasteiger partial charge in [-0.25, -0.2) is 9.31 Å². The zero-order chi connectivity index (χ0) is 24.9. The molecule has 9 heteroatoms. The monoisotopic (exact) mass is 494 g/mol. The van der Waals surface area contributed by atoms with Gasteiger partial charge in [0.15, 0.2) is 0 Å². The van der Waals surface area contributed by atoms with Crippen LogP contribution >= 0.6 is 11.3 Å². The molecule has 3 aromatic heterocycles. The summed E-state index contributed by atoms with van der Waals surface area (Å²) in [5.74, 6) is 1.45. The molecule has 0 unspecified atom stereocenters. The third kappa shape index (κ3) is 4.99. The minimum absolute atomic E-state index is 0.313. The van der Waals surface area contributed by atoms with Crippen LogP contribution in [0, 0.1) is 18.3 Å². The number of para-hydroxylation sites is 1. The maximum Gasteiger partial charge on any atom is 0.319 e. The van der Waals surface area contributed by atoms with Crippen LogP contribution in [-0.4, -0.2) is 15.6 Å². The Kier molecular flexibility index (Phi) is 6.51. The molecular formula is C27H22N6O2S. The minimum atomic E-state index is -0.313. The smallest absolute Gasteiger partial charge is 0.319 e. The Morgan fingerprint density at radius 2 is 1.86 bits per heavy atom. The number of benzene rings is 2. The molecule has 0 aliphatic heterocycles. The van der Waals surface area contributed by atoms with Gasteiger partial charge in [0.1, 0.15) is 17.6 Å². The summed E-state index contributed by atoms with van der Waals surface area (Å²) in [4.78, 5) is 13.5. The van der Waals surface area contributed by atoms with E-state index in [1.807, 2.05) is 79.0 Å². The molecule has 0 fully saturated rings. The highest BCUT2D eigenvalue weighted by molar-refractivity contribution is 7.09. The molecule has 178 valence electrons. The average Bonchev–Trinajstić information content (AvgIpc) is 3.53. The number of thiophene rings is 1. The van der Waals surface area contributed by atoms with Gasteiger partial charge in [0, 0.05) is 16.1 Å². The number of nitrogens with one attached hydrogen (secondary N) is 3. The van der Waals surface area contributed by atoms with Crippen LogP contribution in [0.15, 0.2) is 84.5 Å². The van der Waals surface area contributed by atoms with E-state index < -0.39 is 0 Å². The maximum atomic E-state index is 12.5. The van der Waals surface area contributed by atoms with Crippen LogP contribution in [0.1, 0.15) is 16.0 Å². The Hall–Kier alpha value is -4.81. The lowest BCUT2D eigenvalue weighted by molar-refractivity contribution is 0.252. The summed E-state index contributed by atoms with van der Waals surface area (Å²) in [5, 5.41) is 25.1. The van der Waals surface area contributed by atoms with Gasteiger partial charge >= 0.3 is 6.03 Å². The van der Waals surface area contributed by atoms with Crippen LogP contribution in [0.5, 0.6) is 11.5 Å². The van der Waals surface area contributed by atoms with Crippen molar-refractivity contribution in [3.05, 3.63) is 101 Å². The number of carbonyl (C=O) groups is 1. The van der Waals surface area contributed by atoms with Crippen LogP contribution in [0.3, 0.4) is 0 Å². The molecule has 0 saturated heterocycles. The topological polar surface area (TPSA) is 103 Å². The average molecular weight is 495 g/mol. The number of carbonyl (C=O) groups excluding carboxylic acids is 1. The van der Waals surface area contributed by atoms with E-state index >= 15 is 0 Å². The molecule has 5 aromatic rings. The number of nitrogens with zero attached hydrogens (tertiary/aromatic N) is 3. The van der Waals surface area contributed by atoms with Crippen LogP contribution in [0.2, 0.25) is 0 Å². The van der Waals surface area contributed by atoms with Crippen molar-refractivity contribution in [2.24, 2.45) is 0 Å². The van der Waals surface area contributed by atoms with E-state index in [1.165, 1.54) is 6.20 Å². The maximum absolute atomic E-state index is 12.5. The Labute approximate surface area is 211 Å². The summed E-state index contributed by atoms with van der Waals surface area (Å²) in [5.41, 5.74) is 3.88. The summed E-state index contributed by atoms with van der Waals surface area (Å²) >= 11 is 1.58. The van der Waals surface area contributed by atoms with Crippen molar-refractivity contribution in [2.75, 3.05) is 10.6 Å². The van der Waals surface area contributed by atoms with Crippen LogP contribution in [0.4, 0.5) is 21.9 Å². The van der Waals surface area contributed by atoms with Gasteiger partial charge in [0.2, 0.25) is 0 Å². The molecule has 0 aliphatic rings. The highest BCUT2D eigenvalue weighted by Gasteiger charge is 2.17. The zero-order valence-electron chi connectivity index (χ0n) is 19.4. The molecule has 3 N–H and O–H groups in total. The molecule has 36 heavy (non-hydrogen) atoms. The van der Waals surface area contributed by atoms with Crippen LogP contribution in [-0.2, 0) is 6.54 Å². The third-order valence-corrected chi connectivity index (χ3v) is 6.41. The van der Waals surface area contributed by atoms with E-state index in [-0.39, 0.29) is 6.03 Å². The predicted octanol–water partition coefficient (Wildman–Crippen LogP) is 6.43. The van der Waals surface area contributed by atoms with Crippen molar-refractivity contribution >= 4 is 39.9 Å². The molecule has 0 radical (unpaired) electrons. The number of hydrogen-bond donors (Lipinski definition) is 3. The van der Waals surface area contributed by atoms with Crippen LogP contribution < -0.4 is 20.7 Å². The molecule has 0 atom stereocenters. The SMILES string of the molecule is Cc1c(NC(=O)NCc2cccs2)cn2ncc(C#N)c(Nc3ccc(Oc4ccccc4)cc3)c12. The number of urea groups is 1. The van der Waals surface area contributed by atoms with E-state index in [1.54, 1.807) is 22.0 Å². The van der Waals surface area contributed by atoms with Gasteiger partial charge in [0.05, 0.1) is 41.4 Å². The first kappa shape index (κ1) is 23.0. The van der Waals surface area contributed by atoms with Crippen molar-refractivity contribution in [3.63, 3.8) is 0 Å². The fourth-order valence-electron chi connectivity index (χ4n) is 3.75. The number of nitriles is 1. The molecule has 0 spiro atoms. The molecule has 2 amide bonds. The number of hydrogen-bond acceptors (Lipinski definition) is 6. The summed E-state index contributed by atoms with van der Waals surface area (Å²) in [6, 6.07) is 22.8. The zero-order valence-corrected chi connectivity index (χ0v) is 20.2. The quantitative estimate of drug-likeness (QED) is 0.242. The molecule has 5 rings (SSSR count). The Morgan fingerprint density at radius 3 is 2.58 bits per heavy atom. The first-order chi connectivity index (χ1) is 17.6. The van der Waals surface area contributed by atoms with Gasteiger partial charge in [0.25, 0.3) is 0 Å². The van der Waals surface area contributed by atoms with Crippen molar-refractivity contribution in [3.8, 4) is 17.6 Å². The summed E-state index contributed by atoms with van der Waals surface area (Å²) in [6.45, 7) is 2.33. The number of rotatable bonds is 7. The lowest BCUT2D eigenvalue weighted by Gasteiger charge is -2.12. The van der Waals surface area contributed by atoms with Crippen molar-refractivity contribution in [1.82, 2.24) is 14.9 Å². The lowest BCUT2D eigenvalue weighted by atomic mass is 10.1. The Morgan fingerprint density at radius 1 is 1.08 bits per heavy atom. The second-order valence-corrected chi connectivity index (χ2v) is 8.99. The Balaban J connectivity index is 1.37. The van der Waals surface area contributed by atoms with Crippen molar-refractivity contribution in [2.45, 2.75) is 13.5 Å². The van der Waals surface area contributed by atoms with E-state index in [0.29, 0.717) is 34.7 Å². The molecule has 2 aromatic carbocycles. The van der Waals surface area contributed by atoms with E-state index in [0.717, 1.165) is 21.9 Å². The molecule has 8 nitrogen and oxygen atoms in total. The molecule has 0 aliphatic carbocycles. The fourth-order valence-corrected chi connectivity index (χ4v) is 4.39. The first-order valence-electron chi connectivity index (χ1n) is 11.2. The fraction of sp³-hybridized carbons (Fsp3) is 0.0741. The molecule has 3 heterocycles. The third-order valence-electron chi connectivity index (χ3n) is 5.53. The van der Waals surface area contributed by atoms with Crippen LogP contribution in [0.25, 0.3) is 5.52 Å². The van der Waals surface area contributed by atoms with Gasteiger partial charge < -0.3 is 20.7 Å². The summed E-state index contributed by atoms with van der Waals surface area (Å²) in [7, 11) is 0. The first-order valence-corrected chi connectivity index (χ1v) is 12.1. The number of ether oxygens (including phenoxy) is 1. The number of aromatic nitrogens is 2. The normalized spacial score (nSPS) is 10.6. The molecular weight excluding hydrogens is 472 g/mol. The highest BCUT2D eigenvalue weighted by Crippen LogP contribution is 2.33.